The Labute approximate surface area is 121 Å². The van der Waals surface area contributed by atoms with Crippen LogP contribution < -0.4 is 5.32 Å². The third-order valence-corrected chi connectivity index (χ3v) is 4.06. The van der Waals surface area contributed by atoms with Crippen LogP contribution in [0.3, 0.4) is 0 Å². The molecule has 4 heteroatoms. The van der Waals surface area contributed by atoms with Crippen LogP contribution in [0.4, 0.5) is 4.39 Å². The number of hydrogen-bond acceptors (Lipinski definition) is 2. The van der Waals surface area contributed by atoms with Crippen molar-refractivity contribution >= 4 is 15.9 Å². The second kappa shape index (κ2) is 6.26. The third-order valence-electron chi connectivity index (χ3n) is 3.22. The summed E-state index contributed by atoms with van der Waals surface area (Å²) in [5.41, 5.74) is 3.08. The molecule has 0 amide bonds. The van der Waals surface area contributed by atoms with Crippen molar-refractivity contribution in [2.45, 2.75) is 19.4 Å². The molecule has 1 N–H and O–H groups in total. The van der Waals surface area contributed by atoms with Gasteiger partial charge in [0, 0.05) is 24.4 Å². The average Bonchev–Trinajstić information content (AvgIpc) is 2.41. The number of halogens is 2. The first-order valence-corrected chi connectivity index (χ1v) is 6.94. The molecule has 1 unspecified atom stereocenters. The molecule has 0 saturated heterocycles. The lowest BCUT2D eigenvalue weighted by Crippen LogP contribution is -2.20. The van der Waals surface area contributed by atoms with Crippen LogP contribution in [0.1, 0.15) is 22.9 Å². The minimum Gasteiger partial charge on any atom is -0.313 e. The fourth-order valence-corrected chi connectivity index (χ4v) is 2.62. The Morgan fingerprint density at radius 2 is 2.11 bits per heavy atom. The zero-order valence-electron chi connectivity index (χ0n) is 11.0. The van der Waals surface area contributed by atoms with E-state index in [2.05, 4.69) is 26.2 Å². The Morgan fingerprint density at radius 1 is 1.32 bits per heavy atom. The maximum atomic E-state index is 13.6. The average molecular weight is 323 g/mol. The third kappa shape index (κ3) is 3.19. The normalized spacial score (nSPS) is 12.4. The summed E-state index contributed by atoms with van der Waals surface area (Å²) in [5, 5.41) is 3.23. The first kappa shape index (κ1) is 14.2. The standard InChI is InChI=1S/C15H16BrFN2/c1-10-5-4-8-19-13(10)9-14(18-2)11-6-3-7-12(17)15(11)16/h3-8,14,18H,9H2,1-2H3. The van der Waals surface area contributed by atoms with Crippen LogP contribution in [0.2, 0.25) is 0 Å². The van der Waals surface area contributed by atoms with Crippen LogP contribution in [0, 0.1) is 12.7 Å². The van der Waals surface area contributed by atoms with Gasteiger partial charge in [-0.25, -0.2) is 4.39 Å². The van der Waals surface area contributed by atoms with Gasteiger partial charge in [-0.15, -0.1) is 0 Å². The molecule has 19 heavy (non-hydrogen) atoms. The number of likely N-dealkylation sites (N-methyl/N-ethyl adjacent to an activating group) is 1. The summed E-state index contributed by atoms with van der Waals surface area (Å²) in [7, 11) is 1.88. The minimum atomic E-state index is -0.240. The van der Waals surface area contributed by atoms with E-state index in [0.717, 1.165) is 23.2 Å². The lowest BCUT2D eigenvalue weighted by molar-refractivity contribution is 0.565. The molecule has 1 aromatic carbocycles. The molecule has 1 heterocycles. The topological polar surface area (TPSA) is 24.9 Å². The molecule has 0 saturated carbocycles. The highest BCUT2D eigenvalue weighted by atomic mass is 79.9. The molecule has 2 rings (SSSR count). The number of aryl methyl sites for hydroxylation is 1. The van der Waals surface area contributed by atoms with Crippen molar-refractivity contribution in [3.8, 4) is 0 Å². The summed E-state index contributed by atoms with van der Waals surface area (Å²) < 4.78 is 14.1. The van der Waals surface area contributed by atoms with Crippen molar-refractivity contribution in [3.63, 3.8) is 0 Å². The summed E-state index contributed by atoms with van der Waals surface area (Å²) >= 11 is 3.32. The summed E-state index contributed by atoms with van der Waals surface area (Å²) in [4.78, 5) is 4.39. The Bertz CT molecular complexity index is 572. The molecule has 0 aliphatic rings. The number of rotatable bonds is 4. The van der Waals surface area contributed by atoms with Gasteiger partial charge in [-0.1, -0.05) is 18.2 Å². The van der Waals surface area contributed by atoms with Crippen LogP contribution >= 0.6 is 15.9 Å². The van der Waals surface area contributed by atoms with E-state index in [4.69, 9.17) is 0 Å². The highest BCUT2D eigenvalue weighted by molar-refractivity contribution is 9.10. The summed E-state index contributed by atoms with van der Waals surface area (Å²) in [6.07, 6.45) is 2.51. The van der Waals surface area contributed by atoms with E-state index in [9.17, 15) is 4.39 Å². The van der Waals surface area contributed by atoms with E-state index in [-0.39, 0.29) is 11.9 Å². The van der Waals surface area contributed by atoms with Gasteiger partial charge in [0.2, 0.25) is 0 Å². The van der Waals surface area contributed by atoms with Crippen molar-refractivity contribution in [1.29, 1.82) is 0 Å². The summed E-state index contributed by atoms with van der Waals surface area (Å²) in [5.74, 6) is -0.240. The molecular formula is C15H16BrFN2. The molecule has 100 valence electrons. The van der Waals surface area contributed by atoms with Crippen LogP contribution in [-0.2, 0) is 6.42 Å². The number of hydrogen-bond donors (Lipinski definition) is 1. The molecule has 0 radical (unpaired) electrons. The van der Waals surface area contributed by atoms with Crippen molar-refractivity contribution in [2.24, 2.45) is 0 Å². The van der Waals surface area contributed by atoms with Crippen molar-refractivity contribution in [1.82, 2.24) is 10.3 Å². The van der Waals surface area contributed by atoms with E-state index < -0.39 is 0 Å². The molecule has 1 aromatic heterocycles. The fraction of sp³-hybridized carbons (Fsp3) is 0.267. The van der Waals surface area contributed by atoms with Gasteiger partial charge in [-0.2, -0.15) is 0 Å². The maximum Gasteiger partial charge on any atom is 0.137 e. The van der Waals surface area contributed by atoms with Gasteiger partial charge < -0.3 is 5.32 Å². The first-order chi connectivity index (χ1) is 9.13. The van der Waals surface area contributed by atoms with E-state index >= 15 is 0 Å². The SMILES string of the molecule is CNC(Cc1ncccc1C)c1cccc(F)c1Br. The van der Waals surface area contributed by atoms with Gasteiger partial charge in [0.25, 0.3) is 0 Å². The largest absolute Gasteiger partial charge is 0.313 e. The first-order valence-electron chi connectivity index (χ1n) is 6.15. The Hall–Kier alpha value is -1.26. The number of nitrogens with zero attached hydrogens (tertiary/aromatic N) is 1. The Kier molecular flexibility index (Phi) is 4.66. The quantitative estimate of drug-likeness (QED) is 0.926. The molecule has 0 fully saturated rings. The molecule has 0 bridgehead atoms. The molecule has 0 aliphatic carbocycles. The highest BCUT2D eigenvalue weighted by Gasteiger charge is 2.16. The van der Waals surface area contributed by atoms with Gasteiger partial charge in [0.15, 0.2) is 0 Å². The second-order valence-corrected chi connectivity index (χ2v) is 5.25. The molecule has 2 nitrogen and oxygen atoms in total. The van der Waals surface area contributed by atoms with E-state index in [0.29, 0.717) is 4.47 Å². The van der Waals surface area contributed by atoms with Gasteiger partial charge in [0.05, 0.1) is 4.47 Å². The minimum absolute atomic E-state index is 0.0266. The van der Waals surface area contributed by atoms with E-state index in [1.807, 2.05) is 32.2 Å². The molecule has 0 aliphatic heterocycles. The van der Waals surface area contributed by atoms with Crippen LogP contribution in [-0.4, -0.2) is 12.0 Å². The van der Waals surface area contributed by atoms with E-state index in [1.165, 1.54) is 6.07 Å². The van der Waals surface area contributed by atoms with Crippen molar-refractivity contribution in [3.05, 3.63) is 63.6 Å². The zero-order valence-corrected chi connectivity index (χ0v) is 12.5. The molecular weight excluding hydrogens is 307 g/mol. The smallest absolute Gasteiger partial charge is 0.137 e. The van der Waals surface area contributed by atoms with Crippen molar-refractivity contribution < 1.29 is 4.39 Å². The van der Waals surface area contributed by atoms with Crippen LogP contribution in [0.15, 0.2) is 41.0 Å². The van der Waals surface area contributed by atoms with Gasteiger partial charge in [-0.05, 0) is 53.2 Å². The van der Waals surface area contributed by atoms with E-state index in [1.54, 1.807) is 12.3 Å². The van der Waals surface area contributed by atoms with Gasteiger partial charge in [0.1, 0.15) is 5.82 Å². The molecule has 1 atom stereocenters. The maximum absolute atomic E-state index is 13.6. The van der Waals surface area contributed by atoms with Crippen LogP contribution in [0.25, 0.3) is 0 Å². The predicted molar refractivity (Wildman–Crippen MR) is 78.6 cm³/mol. The number of nitrogens with one attached hydrogen (secondary N) is 1. The van der Waals surface area contributed by atoms with Crippen molar-refractivity contribution in [2.75, 3.05) is 7.05 Å². The Balaban J connectivity index is 2.31. The molecule has 2 aromatic rings. The monoisotopic (exact) mass is 322 g/mol. The number of benzene rings is 1. The highest BCUT2D eigenvalue weighted by Crippen LogP contribution is 2.28. The molecule has 0 spiro atoms. The fourth-order valence-electron chi connectivity index (χ4n) is 2.08. The van der Waals surface area contributed by atoms with Gasteiger partial charge in [-0.3, -0.25) is 4.98 Å². The number of pyridine rings is 1. The summed E-state index contributed by atoms with van der Waals surface area (Å²) in [6, 6.07) is 9.09. The number of aromatic nitrogens is 1. The lowest BCUT2D eigenvalue weighted by atomic mass is 10.00. The zero-order chi connectivity index (χ0) is 13.8. The Morgan fingerprint density at radius 3 is 2.79 bits per heavy atom. The van der Waals surface area contributed by atoms with Gasteiger partial charge >= 0.3 is 0 Å². The summed E-state index contributed by atoms with van der Waals surface area (Å²) in [6.45, 7) is 2.04. The lowest BCUT2D eigenvalue weighted by Gasteiger charge is -2.19. The predicted octanol–water partition coefficient (Wildman–Crippen LogP) is 3.79. The van der Waals surface area contributed by atoms with Crippen LogP contribution in [0.5, 0.6) is 0 Å². The second-order valence-electron chi connectivity index (χ2n) is 4.46.